The molecule has 1 aliphatic rings. The molecule has 0 aromatic rings. The Morgan fingerprint density at radius 3 is 2.50 bits per heavy atom. The number of carboxylic acids is 1. The first-order chi connectivity index (χ1) is 4.30. The van der Waals surface area contributed by atoms with Gasteiger partial charge in [0.05, 0.1) is 5.97 Å². The third kappa shape index (κ3) is 3.30. The van der Waals surface area contributed by atoms with Crippen LogP contribution in [0.25, 0.3) is 0 Å². The first-order valence-electron chi connectivity index (χ1n) is 3.21. The molecule has 0 fully saturated rings. The topological polar surface area (TPSA) is 40.1 Å². The van der Waals surface area contributed by atoms with Gasteiger partial charge in [-0.2, -0.15) is 0 Å². The molecule has 0 atom stereocenters. The van der Waals surface area contributed by atoms with Crippen LogP contribution in [0.5, 0.6) is 0 Å². The van der Waals surface area contributed by atoms with E-state index in [1.54, 1.807) is 6.08 Å². The molecule has 2 nitrogen and oxygen atoms in total. The van der Waals surface area contributed by atoms with Crippen LogP contribution in [0.15, 0.2) is 11.6 Å². The Morgan fingerprint density at radius 2 is 2.20 bits per heavy atom. The quantitative estimate of drug-likeness (QED) is 0.394. The van der Waals surface area contributed by atoms with Crippen LogP contribution < -0.4 is 56.5 Å². The van der Waals surface area contributed by atoms with E-state index in [0.29, 0.717) is 12.0 Å². The molecule has 0 N–H and O–H groups in total. The first-order valence-corrected chi connectivity index (χ1v) is 3.21. The number of allylic oxidation sites excluding steroid dienone is 1. The maximum atomic E-state index is 10.2. The maximum Gasteiger partial charge on any atom is 1.00 e. The smallest absolute Gasteiger partial charge is 0.545 e. The van der Waals surface area contributed by atoms with Gasteiger partial charge in [0, 0.05) is 0 Å². The minimum atomic E-state index is -0.991. The van der Waals surface area contributed by atoms with Crippen molar-refractivity contribution < 1.29 is 61.3 Å². The Morgan fingerprint density at radius 1 is 1.50 bits per heavy atom. The van der Waals surface area contributed by atoms with E-state index in [0.717, 1.165) is 19.3 Å². The number of hydrogen-bond donors (Lipinski definition) is 0. The average molecular weight is 164 g/mol. The summed E-state index contributed by atoms with van der Waals surface area (Å²) >= 11 is 0. The molecular formula is C7H9KO2. The van der Waals surface area contributed by atoms with Crippen molar-refractivity contribution in [2.24, 2.45) is 0 Å². The van der Waals surface area contributed by atoms with Gasteiger partial charge < -0.3 is 9.90 Å². The summed E-state index contributed by atoms with van der Waals surface area (Å²) in [5.74, 6) is -0.991. The van der Waals surface area contributed by atoms with Crippen molar-refractivity contribution in [2.75, 3.05) is 0 Å². The summed E-state index contributed by atoms with van der Waals surface area (Å²) < 4.78 is 0. The molecule has 10 heavy (non-hydrogen) atoms. The van der Waals surface area contributed by atoms with Gasteiger partial charge in [0.15, 0.2) is 0 Å². The van der Waals surface area contributed by atoms with Gasteiger partial charge in [-0.3, -0.25) is 0 Å². The van der Waals surface area contributed by atoms with Crippen molar-refractivity contribution in [1.82, 2.24) is 0 Å². The molecule has 0 saturated carbocycles. The summed E-state index contributed by atoms with van der Waals surface area (Å²) in [6.07, 6.45) is 5.49. The normalized spacial score (nSPS) is 17.0. The second-order valence-electron chi connectivity index (χ2n) is 2.26. The number of hydrogen-bond acceptors (Lipinski definition) is 2. The van der Waals surface area contributed by atoms with Crippen molar-refractivity contribution in [2.45, 2.75) is 25.7 Å². The van der Waals surface area contributed by atoms with E-state index >= 15 is 0 Å². The molecule has 0 aliphatic heterocycles. The summed E-state index contributed by atoms with van der Waals surface area (Å²) in [7, 11) is 0. The van der Waals surface area contributed by atoms with Crippen LogP contribution in [-0.4, -0.2) is 5.97 Å². The van der Waals surface area contributed by atoms with E-state index in [1.165, 1.54) is 0 Å². The van der Waals surface area contributed by atoms with Gasteiger partial charge in [0.1, 0.15) is 0 Å². The van der Waals surface area contributed by atoms with Crippen LogP contribution in [0.3, 0.4) is 0 Å². The molecule has 0 amide bonds. The third-order valence-electron chi connectivity index (χ3n) is 1.55. The van der Waals surface area contributed by atoms with Gasteiger partial charge >= 0.3 is 51.4 Å². The SMILES string of the molecule is O=C([O-])C1=CCCCC1.[K+]. The van der Waals surface area contributed by atoms with Crippen LogP contribution >= 0.6 is 0 Å². The second kappa shape index (κ2) is 5.49. The molecule has 0 aromatic carbocycles. The monoisotopic (exact) mass is 164 g/mol. The van der Waals surface area contributed by atoms with Gasteiger partial charge in [0.25, 0.3) is 0 Å². The van der Waals surface area contributed by atoms with Crippen LogP contribution in [0.1, 0.15) is 25.7 Å². The van der Waals surface area contributed by atoms with E-state index in [2.05, 4.69) is 0 Å². The van der Waals surface area contributed by atoms with Crippen LogP contribution in [0.4, 0.5) is 0 Å². The molecule has 0 spiro atoms. The predicted molar refractivity (Wildman–Crippen MR) is 31.6 cm³/mol. The predicted octanol–water partition coefficient (Wildman–Crippen LogP) is -2.76. The second-order valence-corrected chi connectivity index (χ2v) is 2.26. The van der Waals surface area contributed by atoms with Crippen molar-refractivity contribution in [3.8, 4) is 0 Å². The number of carbonyl (C=O) groups is 1. The fraction of sp³-hybridized carbons (Fsp3) is 0.571. The molecule has 0 bridgehead atoms. The van der Waals surface area contributed by atoms with E-state index in [9.17, 15) is 9.90 Å². The Labute approximate surface area is 103 Å². The zero-order valence-corrected chi connectivity index (χ0v) is 9.35. The van der Waals surface area contributed by atoms with E-state index in [1.807, 2.05) is 0 Å². The summed E-state index contributed by atoms with van der Waals surface area (Å²) in [6.45, 7) is 0. The molecule has 0 radical (unpaired) electrons. The van der Waals surface area contributed by atoms with E-state index in [-0.39, 0.29) is 51.4 Å². The maximum absolute atomic E-state index is 10.2. The number of carbonyl (C=O) groups excluding carboxylic acids is 1. The fourth-order valence-corrected chi connectivity index (χ4v) is 1.02. The first kappa shape index (κ1) is 10.8. The van der Waals surface area contributed by atoms with E-state index in [4.69, 9.17) is 0 Å². The van der Waals surface area contributed by atoms with Gasteiger partial charge in [-0.25, -0.2) is 0 Å². The summed E-state index contributed by atoms with van der Waals surface area (Å²) in [4.78, 5) is 10.2. The molecule has 1 rings (SSSR count). The average Bonchev–Trinajstić information content (AvgIpc) is 1.90. The molecule has 3 heteroatoms. The summed E-state index contributed by atoms with van der Waals surface area (Å²) in [5, 5.41) is 10.2. The standard InChI is InChI=1S/C7H10O2.K/c8-7(9)6-4-2-1-3-5-6;/h4H,1-3,5H2,(H,8,9);/q;+1/p-1. The molecule has 0 saturated heterocycles. The zero-order valence-electron chi connectivity index (χ0n) is 6.22. The Balaban J connectivity index is 0.000000810. The Kier molecular flexibility index (Phi) is 5.96. The minimum Gasteiger partial charge on any atom is -0.545 e. The van der Waals surface area contributed by atoms with Crippen LogP contribution in [0, 0.1) is 0 Å². The van der Waals surface area contributed by atoms with E-state index < -0.39 is 5.97 Å². The van der Waals surface area contributed by atoms with Gasteiger partial charge in [0.2, 0.25) is 0 Å². The molecule has 1 aliphatic carbocycles. The van der Waals surface area contributed by atoms with Crippen LogP contribution in [0.2, 0.25) is 0 Å². The Bertz CT molecular complexity index is 152. The number of rotatable bonds is 1. The molecule has 0 unspecified atom stereocenters. The number of aliphatic carboxylic acids is 1. The molecule has 50 valence electrons. The molecule has 0 heterocycles. The van der Waals surface area contributed by atoms with Crippen molar-refractivity contribution in [3.63, 3.8) is 0 Å². The Hall–Kier alpha value is 0.846. The largest absolute Gasteiger partial charge is 1.00 e. The molecular weight excluding hydrogens is 155 g/mol. The molecule has 0 aromatic heterocycles. The van der Waals surface area contributed by atoms with Gasteiger partial charge in [-0.05, 0) is 31.3 Å². The fourth-order valence-electron chi connectivity index (χ4n) is 1.02. The summed E-state index contributed by atoms with van der Waals surface area (Å²) in [5.41, 5.74) is 0.487. The van der Waals surface area contributed by atoms with Crippen molar-refractivity contribution >= 4 is 5.97 Å². The van der Waals surface area contributed by atoms with Crippen molar-refractivity contribution in [1.29, 1.82) is 0 Å². The third-order valence-corrected chi connectivity index (χ3v) is 1.55. The number of carboxylic acid groups (broad SMARTS) is 1. The minimum absolute atomic E-state index is 0. The summed E-state index contributed by atoms with van der Waals surface area (Å²) in [6, 6.07) is 0. The van der Waals surface area contributed by atoms with Gasteiger partial charge in [-0.1, -0.05) is 6.08 Å². The zero-order chi connectivity index (χ0) is 6.69. The van der Waals surface area contributed by atoms with Gasteiger partial charge in [-0.15, -0.1) is 0 Å². The van der Waals surface area contributed by atoms with Crippen molar-refractivity contribution in [3.05, 3.63) is 11.6 Å². The van der Waals surface area contributed by atoms with Crippen LogP contribution in [-0.2, 0) is 4.79 Å².